The van der Waals surface area contributed by atoms with Gasteiger partial charge in [-0.05, 0) is 12.8 Å². The third kappa shape index (κ3) is 1.15. The molecule has 0 unspecified atom stereocenters. The molecule has 0 N–H and O–H groups in total. The monoisotopic (exact) mass is 131 g/mol. The highest BCUT2D eigenvalue weighted by Crippen LogP contribution is 2.10. The van der Waals surface area contributed by atoms with Crippen LogP contribution in [0, 0.1) is 0 Å². The molecule has 1 amide bonds. The number of carbonyl (C=O) groups excluding carboxylic acids is 1. The molecule has 0 spiro atoms. The van der Waals surface area contributed by atoms with Crippen molar-refractivity contribution < 1.29 is 4.79 Å². The highest BCUT2D eigenvalue weighted by Gasteiger charge is 2.13. The van der Waals surface area contributed by atoms with Gasteiger partial charge in [0.25, 0.3) is 0 Å². The average molecular weight is 131 g/mol. The molecule has 0 saturated carbocycles. The van der Waals surface area contributed by atoms with E-state index in [4.69, 9.17) is 0 Å². The molecule has 0 aromatic rings. The molecule has 0 radical (unpaired) electrons. The number of thiol groups is 1. The lowest BCUT2D eigenvalue weighted by Crippen LogP contribution is -2.26. The Morgan fingerprint density at radius 3 is 2.62 bits per heavy atom. The lowest BCUT2D eigenvalue weighted by Gasteiger charge is -2.19. The zero-order valence-electron chi connectivity index (χ0n) is 4.63. The minimum absolute atomic E-state index is 0.166. The predicted molar refractivity (Wildman–Crippen MR) is 34.5 cm³/mol. The van der Waals surface area contributed by atoms with E-state index in [1.54, 1.807) is 0 Å². The molecule has 1 heterocycles. The summed E-state index contributed by atoms with van der Waals surface area (Å²) in [5.41, 5.74) is 0. The fourth-order valence-corrected chi connectivity index (χ4v) is 1.03. The van der Waals surface area contributed by atoms with Crippen LogP contribution in [0.15, 0.2) is 0 Å². The zero-order chi connectivity index (χ0) is 5.98. The molecule has 3 heteroatoms. The van der Waals surface area contributed by atoms with Gasteiger partial charge in [0.1, 0.15) is 0 Å². The molecule has 1 rings (SSSR count). The summed E-state index contributed by atoms with van der Waals surface area (Å²) in [7, 11) is 0. The van der Waals surface area contributed by atoms with E-state index in [2.05, 4.69) is 12.8 Å². The maximum atomic E-state index is 10.6. The maximum Gasteiger partial charge on any atom is 0.232 e. The fourth-order valence-electron chi connectivity index (χ4n) is 0.792. The summed E-state index contributed by atoms with van der Waals surface area (Å²) in [4.78, 5) is 10.6. The van der Waals surface area contributed by atoms with E-state index in [9.17, 15) is 4.79 Å². The van der Waals surface area contributed by atoms with E-state index < -0.39 is 0 Å². The normalized spacial score (nSPS) is 21.6. The van der Waals surface area contributed by atoms with Crippen LogP contribution in [-0.4, -0.2) is 16.8 Å². The van der Waals surface area contributed by atoms with Gasteiger partial charge in [-0.3, -0.25) is 9.10 Å². The van der Waals surface area contributed by atoms with Crippen LogP contribution < -0.4 is 0 Å². The van der Waals surface area contributed by atoms with Gasteiger partial charge < -0.3 is 0 Å². The van der Waals surface area contributed by atoms with E-state index in [0.29, 0.717) is 6.42 Å². The van der Waals surface area contributed by atoms with Crippen molar-refractivity contribution in [3.05, 3.63) is 0 Å². The van der Waals surface area contributed by atoms with E-state index in [0.717, 1.165) is 19.4 Å². The Balaban J connectivity index is 2.39. The summed E-state index contributed by atoms with van der Waals surface area (Å²) in [6.45, 7) is 0.821. The molecule has 1 saturated heterocycles. The van der Waals surface area contributed by atoms with Crippen molar-refractivity contribution in [2.24, 2.45) is 0 Å². The second kappa shape index (κ2) is 2.40. The lowest BCUT2D eigenvalue weighted by atomic mass is 10.2. The molecule has 8 heavy (non-hydrogen) atoms. The van der Waals surface area contributed by atoms with Gasteiger partial charge in [0.15, 0.2) is 0 Å². The predicted octanol–water partition coefficient (Wildman–Crippen LogP) is 0.844. The molecule has 1 fully saturated rings. The Morgan fingerprint density at radius 1 is 1.50 bits per heavy atom. The fraction of sp³-hybridized carbons (Fsp3) is 0.800. The summed E-state index contributed by atoms with van der Waals surface area (Å²) in [6, 6.07) is 0. The molecular formula is C5H9NOS. The van der Waals surface area contributed by atoms with Crippen molar-refractivity contribution in [3.63, 3.8) is 0 Å². The molecule has 0 bridgehead atoms. The van der Waals surface area contributed by atoms with Gasteiger partial charge in [0, 0.05) is 13.0 Å². The van der Waals surface area contributed by atoms with Crippen LogP contribution in [0.25, 0.3) is 0 Å². The van der Waals surface area contributed by atoms with E-state index in [-0.39, 0.29) is 5.91 Å². The Morgan fingerprint density at radius 2 is 2.25 bits per heavy atom. The van der Waals surface area contributed by atoms with Gasteiger partial charge in [0.2, 0.25) is 5.91 Å². The number of rotatable bonds is 0. The van der Waals surface area contributed by atoms with Crippen LogP contribution in [0.2, 0.25) is 0 Å². The van der Waals surface area contributed by atoms with Crippen LogP contribution in [0.1, 0.15) is 19.3 Å². The van der Waals surface area contributed by atoms with E-state index >= 15 is 0 Å². The number of piperidine rings is 1. The first-order valence-corrected chi connectivity index (χ1v) is 3.20. The van der Waals surface area contributed by atoms with Crippen LogP contribution >= 0.6 is 12.8 Å². The number of nitrogens with zero attached hydrogens (tertiary/aromatic N) is 1. The highest BCUT2D eigenvalue weighted by molar-refractivity contribution is 7.78. The summed E-state index contributed by atoms with van der Waals surface area (Å²) in [5, 5.41) is 0. The van der Waals surface area contributed by atoms with Gasteiger partial charge in [0.05, 0.1) is 0 Å². The first kappa shape index (κ1) is 5.95. The minimum atomic E-state index is 0.166. The topological polar surface area (TPSA) is 20.3 Å². The molecule has 0 atom stereocenters. The van der Waals surface area contributed by atoms with Gasteiger partial charge in [-0.2, -0.15) is 0 Å². The highest BCUT2D eigenvalue weighted by atomic mass is 32.1. The standard InChI is InChI=1S/C5H9NOS/c7-5-3-1-2-4-6(5)8/h8H,1-4H2. The second-order valence-electron chi connectivity index (χ2n) is 1.97. The molecule has 0 aromatic carbocycles. The Hall–Kier alpha value is -0.180. The van der Waals surface area contributed by atoms with Crippen LogP contribution in [0.3, 0.4) is 0 Å². The van der Waals surface area contributed by atoms with Crippen molar-refractivity contribution in [3.8, 4) is 0 Å². The number of hydrogen-bond acceptors (Lipinski definition) is 2. The second-order valence-corrected chi connectivity index (χ2v) is 2.46. The molecule has 0 aliphatic carbocycles. The lowest BCUT2D eigenvalue weighted by molar-refractivity contribution is -0.127. The first-order chi connectivity index (χ1) is 3.80. The Kier molecular flexibility index (Phi) is 1.78. The maximum absolute atomic E-state index is 10.6. The molecule has 1 aliphatic heterocycles. The molecular weight excluding hydrogens is 122 g/mol. The Labute approximate surface area is 54.4 Å². The summed E-state index contributed by atoms with van der Waals surface area (Å²) < 4.78 is 1.49. The van der Waals surface area contributed by atoms with Crippen LogP contribution in [-0.2, 0) is 4.79 Å². The summed E-state index contributed by atoms with van der Waals surface area (Å²) >= 11 is 3.94. The summed E-state index contributed by atoms with van der Waals surface area (Å²) in [5.74, 6) is 0.166. The SMILES string of the molecule is O=C1CCCCN1S. The number of amides is 1. The number of hydrogen-bond donors (Lipinski definition) is 1. The average Bonchev–Trinajstić information content (AvgIpc) is 1.77. The van der Waals surface area contributed by atoms with E-state index in [1.807, 2.05) is 0 Å². The van der Waals surface area contributed by atoms with E-state index in [1.165, 1.54) is 4.31 Å². The van der Waals surface area contributed by atoms with Crippen molar-refractivity contribution >= 4 is 18.7 Å². The zero-order valence-corrected chi connectivity index (χ0v) is 5.53. The van der Waals surface area contributed by atoms with Crippen LogP contribution in [0.5, 0.6) is 0 Å². The molecule has 2 nitrogen and oxygen atoms in total. The van der Waals surface area contributed by atoms with Crippen molar-refractivity contribution in [1.29, 1.82) is 0 Å². The van der Waals surface area contributed by atoms with Crippen LogP contribution in [0.4, 0.5) is 0 Å². The smallest absolute Gasteiger partial charge is 0.232 e. The third-order valence-electron chi connectivity index (χ3n) is 1.30. The molecule has 46 valence electrons. The van der Waals surface area contributed by atoms with Crippen molar-refractivity contribution in [1.82, 2.24) is 4.31 Å². The first-order valence-electron chi connectivity index (χ1n) is 2.80. The molecule has 0 aromatic heterocycles. The summed E-state index contributed by atoms with van der Waals surface area (Å²) in [6.07, 6.45) is 2.83. The molecule has 1 aliphatic rings. The van der Waals surface area contributed by atoms with Gasteiger partial charge in [-0.1, -0.05) is 12.8 Å². The number of carbonyl (C=O) groups is 1. The minimum Gasteiger partial charge on any atom is -0.289 e. The van der Waals surface area contributed by atoms with Gasteiger partial charge in [-0.15, -0.1) is 0 Å². The quantitative estimate of drug-likeness (QED) is 0.483. The third-order valence-corrected chi connectivity index (χ3v) is 1.72. The van der Waals surface area contributed by atoms with Crippen molar-refractivity contribution in [2.45, 2.75) is 19.3 Å². The van der Waals surface area contributed by atoms with Gasteiger partial charge in [-0.25, -0.2) is 0 Å². The Bertz CT molecular complexity index is 105. The largest absolute Gasteiger partial charge is 0.289 e. The van der Waals surface area contributed by atoms with Crippen molar-refractivity contribution in [2.75, 3.05) is 6.54 Å². The van der Waals surface area contributed by atoms with Gasteiger partial charge >= 0.3 is 0 Å².